The molecule has 96 valence electrons. The van der Waals surface area contributed by atoms with Gasteiger partial charge in [-0.05, 0) is 12.5 Å². The summed E-state index contributed by atoms with van der Waals surface area (Å²) < 4.78 is 26.8. The molecule has 1 aliphatic rings. The molecule has 1 aromatic carbocycles. The maximum absolute atomic E-state index is 13.7. The number of benzene rings is 1. The van der Waals surface area contributed by atoms with E-state index < -0.39 is 33.7 Å². The maximum Gasteiger partial charge on any atom is 0.308 e. The third kappa shape index (κ3) is 2.14. The minimum absolute atomic E-state index is 0.239. The molecule has 6 nitrogen and oxygen atoms in total. The second-order valence-corrected chi connectivity index (χ2v) is 3.64. The van der Waals surface area contributed by atoms with Crippen LogP contribution in [-0.4, -0.2) is 29.0 Å². The van der Waals surface area contributed by atoms with Gasteiger partial charge in [-0.25, -0.2) is 9.45 Å². The highest BCUT2D eigenvalue weighted by Crippen LogP contribution is 2.24. The highest BCUT2D eigenvalue weighted by atomic mass is 19.1. The van der Waals surface area contributed by atoms with E-state index >= 15 is 0 Å². The van der Waals surface area contributed by atoms with Gasteiger partial charge in [0.05, 0.1) is 29.7 Å². The second kappa shape index (κ2) is 4.65. The average molecular weight is 258 g/mol. The van der Waals surface area contributed by atoms with E-state index in [0.29, 0.717) is 25.2 Å². The van der Waals surface area contributed by atoms with Gasteiger partial charge in [0.2, 0.25) is 5.82 Å². The Morgan fingerprint density at radius 3 is 2.72 bits per heavy atom. The lowest BCUT2D eigenvalue weighted by Crippen LogP contribution is -2.27. The Labute approximate surface area is 99.9 Å². The summed E-state index contributed by atoms with van der Waals surface area (Å²) in [6.07, 6.45) is 0.574. The van der Waals surface area contributed by atoms with Crippen molar-refractivity contribution in [2.75, 3.05) is 13.2 Å². The van der Waals surface area contributed by atoms with E-state index in [2.05, 4.69) is 0 Å². The van der Waals surface area contributed by atoms with Crippen LogP contribution in [0, 0.1) is 21.7 Å². The van der Waals surface area contributed by atoms with E-state index in [0.717, 1.165) is 5.06 Å². The summed E-state index contributed by atoms with van der Waals surface area (Å²) in [6.45, 7) is 0.535. The number of rotatable bonds is 2. The van der Waals surface area contributed by atoms with E-state index in [9.17, 15) is 23.7 Å². The van der Waals surface area contributed by atoms with Crippen LogP contribution < -0.4 is 0 Å². The first-order valence-corrected chi connectivity index (χ1v) is 5.09. The molecule has 1 heterocycles. The lowest BCUT2D eigenvalue weighted by molar-refractivity contribution is -0.387. The molecular formula is C10H8F2N2O4. The molecule has 18 heavy (non-hydrogen) atoms. The molecular weight excluding hydrogens is 250 g/mol. The summed E-state index contributed by atoms with van der Waals surface area (Å²) in [4.78, 5) is 26.1. The minimum atomic E-state index is -1.36. The van der Waals surface area contributed by atoms with Crippen molar-refractivity contribution in [3.8, 4) is 0 Å². The molecule has 2 rings (SSSR count). The summed E-state index contributed by atoms with van der Waals surface area (Å²) in [5.74, 6) is -3.33. The number of nitrogens with zero attached hydrogens (tertiary/aromatic N) is 2. The SMILES string of the molecule is O=C(c1cc(F)cc([N+](=O)[O-])c1F)N1CCCO1. The van der Waals surface area contributed by atoms with Crippen molar-refractivity contribution in [1.82, 2.24) is 5.06 Å². The Morgan fingerprint density at radius 2 is 2.17 bits per heavy atom. The Kier molecular flexibility index (Phi) is 3.19. The largest absolute Gasteiger partial charge is 0.308 e. The van der Waals surface area contributed by atoms with Crippen molar-refractivity contribution in [1.29, 1.82) is 0 Å². The smallest absolute Gasteiger partial charge is 0.271 e. The van der Waals surface area contributed by atoms with Crippen molar-refractivity contribution < 1.29 is 23.3 Å². The van der Waals surface area contributed by atoms with Crippen LogP contribution in [0.3, 0.4) is 0 Å². The zero-order valence-corrected chi connectivity index (χ0v) is 9.06. The highest BCUT2D eigenvalue weighted by molar-refractivity contribution is 5.94. The molecule has 1 aromatic rings. The number of amides is 1. The molecule has 8 heteroatoms. The van der Waals surface area contributed by atoms with E-state index in [4.69, 9.17) is 4.84 Å². The number of nitro benzene ring substituents is 1. The fourth-order valence-corrected chi connectivity index (χ4v) is 1.61. The number of carbonyl (C=O) groups is 1. The molecule has 0 spiro atoms. The van der Waals surface area contributed by atoms with Gasteiger partial charge < -0.3 is 0 Å². The third-order valence-corrected chi connectivity index (χ3v) is 2.42. The first-order valence-electron chi connectivity index (χ1n) is 5.09. The molecule has 0 aromatic heterocycles. The van der Waals surface area contributed by atoms with E-state index in [1.54, 1.807) is 0 Å². The number of hydrogen-bond acceptors (Lipinski definition) is 4. The molecule has 1 aliphatic heterocycles. The molecule has 0 N–H and O–H groups in total. The molecule has 1 amide bonds. The van der Waals surface area contributed by atoms with Gasteiger partial charge in [-0.3, -0.25) is 19.7 Å². The predicted octanol–water partition coefficient (Wildman–Crippen LogP) is 1.65. The van der Waals surface area contributed by atoms with Crippen LogP contribution in [0.4, 0.5) is 14.5 Å². The van der Waals surface area contributed by atoms with E-state index in [-0.39, 0.29) is 6.54 Å². The van der Waals surface area contributed by atoms with Crippen LogP contribution >= 0.6 is 0 Å². The number of hydrogen-bond donors (Lipinski definition) is 0. The summed E-state index contributed by atoms with van der Waals surface area (Å²) in [5, 5.41) is 11.4. The first-order chi connectivity index (χ1) is 8.50. The Hall–Kier alpha value is -2.09. The van der Waals surface area contributed by atoms with Crippen LogP contribution in [0.15, 0.2) is 12.1 Å². The van der Waals surface area contributed by atoms with Crippen molar-refractivity contribution >= 4 is 11.6 Å². The number of halogens is 2. The van der Waals surface area contributed by atoms with Crippen LogP contribution in [0.5, 0.6) is 0 Å². The lowest BCUT2D eigenvalue weighted by Gasteiger charge is -2.14. The van der Waals surface area contributed by atoms with Gasteiger partial charge in [-0.1, -0.05) is 0 Å². The van der Waals surface area contributed by atoms with Gasteiger partial charge >= 0.3 is 5.69 Å². The second-order valence-electron chi connectivity index (χ2n) is 3.64. The van der Waals surface area contributed by atoms with Gasteiger partial charge in [0.25, 0.3) is 5.91 Å². The molecule has 0 saturated carbocycles. The maximum atomic E-state index is 13.7. The van der Waals surface area contributed by atoms with Crippen LogP contribution in [-0.2, 0) is 4.84 Å². The van der Waals surface area contributed by atoms with Gasteiger partial charge in [0.15, 0.2) is 0 Å². The van der Waals surface area contributed by atoms with Crippen LogP contribution in [0.2, 0.25) is 0 Å². The van der Waals surface area contributed by atoms with Crippen molar-refractivity contribution in [2.24, 2.45) is 0 Å². The van der Waals surface area contributed by atoms with Gasteiger partial charge in [0, 0.05) is 0 Å². The van der Waals surface area contributed by atoms with Gasteiger partial charge in [-0.2, -0.15) is 4.39 Å². The summed E-state index contributed by atoms with van der Waals surface area (Å²) >= 11 is 0. The topological polar surface area (TPSA) is 72.7 Å². The number of hydroxylamine groups is 2. The van der Waals surface area contributed by atoms with Gasteiger partial charge in [0.1, 0.15) is 5.82 Å². The van der Waals surface area contributed by atoms with Crippen molar-refractivity contribution in [3.63, 3.8) is 0 Å². The van der Waals surface area contributed by atoms with Crippen LogP contribution in [0.1, 0.15) is 16.8 Å². The van der Waals surface area contributed by atoms with Gasteiger partial charge in [-0.15, -0.1) is 0 Å². The highest BCUT2D eigenvalue weighted by Gasteiger charge is 2.29. The molecule has 1 fully saturated rings. The Bertz CT molecular complexity index is 515. The average Bonchev–Trinajstić information content (AvgIpc) is 2.84. The molecule has 0 atom stereocenters. The lowest BCUT2D eigenvalue weighted by atomic mass is 10.1. The Morgan fingerprint density at radius 1 is 1.44 bits per heavy atom. The van der Waals surface area contributed by atoms with Crippen LogP contribution in [0.25, 0.3) is 0 Å². The molecule has 0 unspecified atom stereocenters. The van der Waals surface area contributed by atoms with Crippen molar-refractivity contribution in [2.45, 2.75) is 6.42 Å². The summed E-state index contributed by atoms with van der Waals surface area (Å²) in [5.41, 5.74) is -1.78. The summed E-state index contributed by atoms with van der Waals surface area (Å²) in [6, 6.07) is 1.04. The monoisotopic (exact) mass is 258 g/mol. The Balaban J connectivity index is 2.43. The predicted molar refractivity (Wildman–Crippen MR) is 54.6 cm³/mol. The third-order valence-electron chi connectivity index (χ3n) is 2.42. The quantitative estimate of drug-likeness (QED) is 0.597. The molecule has 0 bridgehead atoms. The first kappa shape index (κ1) is 12.4. The van der Waals surface area contributed by atoms with E-state index in [1.165, 1.54) is 0 Å². The zero-order chi connectivity index (χ0) is 13.3. The number of nitro groups is 1. The van der Waals surface area contributed by atoms with E-state index in [1.807, 2.05) is 0 Å². The minimum Gasteiger partial charge on any atom is -0.271 e. The number of carbonyl (C=O) groups excluding carboxylic acids is 1. The van der Waals surface area contributed by atoms with Crippen molar-refractivity contribution in [3.05, 3.63) is 39.4 Å². The molecule has 0 radical (unpaired) electrons. The zero-order valence-electron chi connectivity index (χ0n) is 9.06. The summed E-state index contributed by atoms with van der Waals surface area (Å²) in [7, 11) is 0. The normalized spacial score (nSPS) is 14.9. The molecule has 0 aliphatic carbocycles. The fourth-order valence-electron chi connectivity index (χ4n) is 1.61. The standard InChI is InChI=1S/C10H8F2N2O4/c11-6-4-7(9(12)8(5-6)14(16)17)10(15)13-2-1-3-18-13/h4-5H,1-3H2. The molecule has 1 saturated heterocycles. The fraction of sp³-hybridized carbons (Fsp3) is 0.300.